The summed E-state index contributed by atoms with van der Waals surface area (Å²) in [5, 5.41) is 0.0185. The fourth-order valence-corrected chi connectivity index (χ4v) is 18.0. The van der Waals surface area contributed by atoms with Crippen molar-refractivity contribution in [1.29, 1.82) is 0 Å². The molecule has 2 fully saturated rings. The first kappa shape index (κ1) is 34.7. The van der Waals surface area contributed by atoms with E-state index in [1.54, 1.807) is 0 Å². The number of aromatic nitrogens is 3. The molecule has 19 heteroatoms. The molecule has 0 spiro atoms. The topological polar surface area (TPSA) is 180 Å². The van der Waals surface area contributed by atoms with E-state index in [4.69, 9.17) is 33.4 Å². The van der Waals surface area contributed by atoms with Crippen LogP contribution in [0.5, 0.6) is 0 Å². The van der Waals surface area contributed by atoms with Crippen molar-refractivity contribution in [1.82, 2.24) is 14.5 Å². The lowest BCUT2D eigenvalue weighted by atomic mass is 10.1. The Balaban J connectivity index is 1.97. The van der Waals surface area contributed by atoms with Crippen molar-refractivity contribution in [2.24, 2.45) is 5.73 Å². The van der Waals surface area contributed by atoms with Gasteiger partial charge in [0.2, 0.25) is 0 Å². The molecule has 4 rings (SSSR count). The quantitative estimate of drug-likeness (QED) is 0.231. The first-order valence-electron chi connectivity index (χ1n) is 14.3. The number of primary amides is 1. The van der Waals surface area contributed by atoms with Gasteiger partial charge in [0.1, 0.15) is 36.1 Å². The molecule has 2 saturated heterocycles. The summed E-state index contributed by atoms with van der Waals surface area (Å²) in [6, 6.07) is 0. The molecule has 2 aliphatic rings. The summed E-state index contributed by atoms with van der Waals surface area (Å²) in [5.74, 6) is -1.06. The lowest BCUT2D eigenvalue weighted by Gasteiger charge is -2.51. The van der Waals surface area contributed by atoms with Crippen LogP contribution in [0.25, 0.3) is 11.0 Å². The fraction of sp³-hybridized carbons (Fsp3) is 0.720. The van der Waals surface area contributed by atoms with E-state index in [1.807, 2.05) is 55.4 Å². The van der Waals surface area contributed by atoms with Gasteiger partial charge in [-0.1, -0.05) is 55.4 Å². The number of carbonyl (C=O) groups is 1. The molecule has 13 nitrogen and oxygen atoms in total. The van der Waals surface area contributed by atoms with Crippen LogP contribution in [0.2, 0.25) is 22.2 Å². The Labute approximate surface area is 256 Å². The molecular weight excluding hydrogens is 644 g/mol. The van der Waals surface area contributed by atoms with Gasteiger partial charge in [-0.15, -0.1) is 0 Å². The van der Waals surface area contributed by atoms with Gasteiger partial charge in [0.25, 0.3) is 5.91 Å². The van der Waals surface area contributed by atoms with E-state index in [0.717, 1.165) is 6.33 Å². The molecule has 0 bridgehead atoms. The van der Waals surface area contributed by atoms with Gasteiger partial charge in [-0.05, 0) is 22.2 Å². The number of anilines is 1. The van der Waals surface area contributed by atoms with Crippen molar-refractivity contribution >= 4 is 50.0 Å². The monoisotopic (exact) mass is 683 g/mol. The molecule has 0 aliphatic carbocycles. The van der Waals surface area contributed by atoms with E-state index in [0.29, 0.717) is 0 Å². The number of hydrogen-bond donors (Lipinski definition) is 2. The van der Waals surface area contributed by atoms with Gasteiger partial charge in [0.15, 0.2) is 6.23 Å². The lowest BCUT2D eigenvalue weighted by Crippen LogP contribution is -2.66. The highest BCUT2D eigenvalue weighted by Crippen LogP contribution is 2.50. The van der Waals surface area contributed by atoms with Gasteiger partial charge in [-0.25, -0.2) is 9.97 Å². The Morgan fingerprint density at radius 2 is 1.61 bits per heavy atom. The zero-order chi connectivity index (χ0) is 33.2. The lowest BCUT2D eigenvalue weighted by molar-refractivity contribution is -0.0693. The maximum absolute atomic E-state index is 13.8. The molecule has 2 aromatic heterocycles. The van der Waals surface area contributed by atoms with E-state index in [9.17, 15) is 26.4 Å². The Hall–Kier alpha value is -2.14. The van der Waals surface area contributed by atoms with Crippen molar-refractivity contribution in [3.05, 3.63) is 18.1 Å². The number of ether oxygens (including phenoxy) is 1. The molecule has 4 N–H and O–H groups in total. The van der Waals surface area contributed by atoms with Crippen LogP contribution < -0.4 is 11.5 Å². The first-order valence-corrected chi connectivity index (χ1v) is 19.6. The minimum absolute atomic E-state index is 0.0185. The molecule has 0 aromatic carbocycles. The predicted octanol–water partition coefficient (Wildman–Crippen LogP) is 4.20. The zero-order valence-electron chi connectivity index (χ0n) is 25.8. The SMILES string of the molecule is CC(C)[Si]1(C(C)C)OC[C@H]2O[C@@H](n3cc(C(N)=O)c4c(N)ncnc43)[C@H](OS(=O)(=O)C(F)(F)F)[C@@H]2O[Si](C(C)C)(C(C)C)O1. The number of nitrogen functional groups attached to an aromatic ring is 1. The summed E-state index contributed by atoms with van der Waals surface area (Å²) in [4.78, 5) is 20.4. The highest BCUT2D eigenvalue weighted by molar-refractivity contribution is 7.87. The second kappa shape index (κ2) is 11.9. The van der Waals surface area contributed by atoms with Gasteiger partial charge in [0.05, 0.1) is 17.6 Å². The molecule has 44 heavy (non-hydrogen) atoms. The van der Waals surface area contributed by atoms with Crippen molar-refractivity contribution in [3.63, 3.8) is 0 Å². The number of amides is 1. The van der Waals surface area contributed by atoms with Crippen LogP contribution in [0, 0.1) is 0 Å². The van der Waals surface area contributed by atoms with Gasteiger partial charge < -0.3 is 33.7 Å². The minimum Gasteiger partial charge on any atom is -0.414 e. The van der Waals surface area contributed by atoms with E-state index in [2.05, 4.69) is 9.97 Å². The third-order valence-corrected chi connectivity index (χ3v) is 19.6. The number of rotatable bonds is 8. The third-order valence-electron chi connectivity index (χ3n) is 8.32. The predicted molar refractivity (Wildman–Crippen MR) is 158 cm³/mol. The average molecular weight is 684 g/mol. The number of alkyl halides is 3. The number of nitrogens with zero attached hydrogens (tertiary/aromatic N) is 3. The van der Waals surface area contributed by atoms with Gasteiger partial charge in [0, 0.05) is 6.20 Å². The van der Waals surface area contributed by atoms with Crippen LogP contribution >= 0.6 is 0 Å². The van der Waals surface area contributed by atoms with E-state index < -0.39 is 63.2 Å². The van der Waals surface area contributed by atoms with E-state index in [1.165, 1.54) is 10.8 Å². The Morgan fingerprint density at radius 3 is 2.11 bits per heavy atom. The number of halogens is 3. The van der Waals surface area contributed by atoms with E-state index >= 15 is 0 Å². The molecule has 4 atom stereocenters. The molecule has 2 aromatic rings. The van der Waals surface area contributed by atoms with Crippen LogP contribution in [-0.4, -0.2) is 76.4 Å². The van der Waals surface area contributed by atoms with Crippen LogP contribution in [0.4, 0.5) is 19.0 Å². The molecule has 4 heterocycles. The third kappa shape index (κ3) is 5.69. The van der Waals surface area contributed by atoms with Crippen LogP contribution in [0.3, 0.4) is 0 Å². The molecule has 248 valence electrons. The first-order chi connectivity index (χ1) is 20.2. The van der Waals surface area contributed by atoms with Gasteiger partial charge in [-0.2, -0.15) is 21.6 Å². The molecule has 0 unspecified atom stereocenters. The molecule has 1 amide bonds. The van der Waals surface area contributed by atoms with Crippen LogP contribution in [0.1, 0.15) is 72.0 Å². The number of nitrogens with two attached hydrogens (primary N) is 2. The average Bonchev–Trinajstić information content (AvgIpc) is 3.41. The Kier molecular flexibility index (Phi) is 9.40. The second-order valence-corrected chi connectivity index (χ2v) is 22.8. The standard InChI is InChI=1S/C25H40F3N5O8SSi2/c1-12(2)43(13(3)4)37-10-17-19(40-44(41-43,14(5)6)15(7)8)20(39-42(35,36)25(26,27)28)24(38-17)33-9-16(22(30)34)18-21(29)31-11-32-23(18)33/h9,11-15,17,19-20,24H,10H2,1-8H3,(H2,30,34)(H2,29,31,32)/t17-,19-,20-,24-/m1/s1. The van der Waals surface area contributed by atoms with Crippen LogP contribution in [0.15, 0.2) is 12.5 Å². The summed E-state index contributed by atoms with van der Waals surface area (Å²) in [6.45, 7) is 15.4. The maximum Gasteiger partial charge on any atom is 0.523 e. The summed E-state index contributed by atoms with van der Waals surface area (Å²) in [7, 11) is -12.7. The Bertz CT molecular complexity index is 1490. The van der Waals surface area contributed by atoms with E-state index in [-0.39, 0.29) is 51.2 Å². The van der Waals surface area contributed by atoms with Crippen molar-refractivity contribution in [2.45, 2.75) is 108 Å². The maximum atomic E-state index is 13.8. The van der Waals surface area contributed by atoms with Crippen molar-refractivity contribution < 1.29 is 48.3 Å². The van der Waals surface area contributed by atoms with Crippen molar-refractivity contribution in [3.8, 4) is 0 Å². The summed E-state index contributed by atoms with van der Waals surface area (Å²) >= 11 is 0. The molecule has 0 radical (unpaired) electrons. The van der Waals surface area contributed by atoms with Gasteiger partial charge >= 0.3 is 32.7 Å². The number of fused-ring (bicyclic) bond motifs is 2. The van der Waals surface area contributed by atoms with Crippen molar-refractivity contribution in [2.75, 3.05) is 12.3 Å². The molecule has 2 aliphatic heterocycles. The van der Waals surface area contributed by atoms with Gasteiger partial charge in [-0.3, -0.25) is 8.98 Å². The highest BCUT2D eigenvalue weighted by atomic mass is 32.2. The molecular formula is C25H40F3N5O8SSi2. The highest BCUT2D eigenvalue weighted by Gasteiger charge is 2.63. The fourth-order valence-electron chi connectivity index (χ4n) is 6.14. The number of carbonyl (C=O) groups excluding carboxylic acids is 1. The summed E-state index contributed by atoms with van der Waals surface area (Å²) < 4.78 is 99.3. The minimum atomic E-state index is -6.17. The number of hydrogen-bond acceptors (Lipinski definition) is 11. The summed E-state index contributed by atoms with van der Waals surface area (Å²) in [6.07, 6.45) is -3.76. The molecule has 0 saturated carbocycles. The largest absolute Gasteiger partial charge is 0.523 e. The zero-order valence-corrected chi connectivity index (χ0v) is 28.6. The normalized spacial score (nSPS) is 26.0. The van der Waals surface area contributed by atoms with Crippen LogP contribution in [-0.2, 0) is 32.0 Å². The summed E-state index contributed by atoms with van der Waals surface area (Å²) in [5.41, 5.74) is 5.06. The Morgan fingerprint density at radius 1 is 1.05 bits per heavy atom. The smallest absolute Gasteiger partial charge is 0.414 e. The second-order valence-electron chi connectivity index (χ2n) is 12.4.